The zero-order valence-electron chi connectivity index (χ0n) is 15.3. The van der Waals surface area contributed by atoms with Gasteiger partial charge in [-0.1, -0.05) is 30.3 Å². The molecule has 0 saturated heterocycles. The molecule has 12 heteroatoms. The van der Waals surface area contributed by atoms with Crippen LogP contribution in [-0.2, 0) is 19.6 Å². The summed E-state index contributed by atoms with van der Waals surface area (Å²) in [4.78, 5) is 26.2. The highest BCUT2D eigenvalue weighted by Crippen LogP contribution is 2.36. The minimum Gasteiger partial charge on any atom is -0.326 e. The van der Waals surface area contributed by atoms with Gasteiger partial charge in [0.1, 0.15) is 5.84 Å². The van der Waals surface area contributed by atoms with Crippen LogP contribution in [0, 0.1) is 0 Å². The zero-order valence-corrected chi connectivity index (χ0v) is 16.1. The summed E-state index contributed by atoms with van der Waals surface area (Å²) in [5, 5.41) is 4.39. The Balaban J connectivity index is 2.00. The molecule has 1 aliphatic rings. The van der Waals surface area contributed by atoms with Gasteiger partial charge in [0, 0.05) is 18.2 Å². The Labute approximate surface area is 169 Å². The smallest absolute Gasteiger partial charge is 0.326 e. The molecule has 0 aliphatic carbocycles. The first kappa shape index (κ1) is 21.5. The predicted octanol–water partition coefficient (Wildman–Crippen LogP) is 1.76. The molecule has 2 aromatic rings. The van der Waals surface area contributed by atoms with Crippen molar-refractivity contribution in [1.29, 1.82) is 0 Å². The fourth-order valence-corrected chi connectivity index (χ4v) is 3.93. The molecule has 0 aromatic heterocycles. The first-order valence-corrected chi connectivity index (χ1v) is 9.88. The summed E-state index contributed by atoms with van der Waals surface area (Å²) < 4.78 is 68.2. The van der Waals surface area contributed by atoms with Crippen LogP contribution in [0.15, 0.2) is 64.5 Å². The van der Waals surface area contributed by atoms with E-state index in [2.05, 4.69) is 10.3 Å². The number of nitrogens with zero attached hydrogens (tertiary/aromatic N) is 1. The highest BCUT2D eigenvalue weighted by molar-refractivity contribution is 7.89. The van der Waals surface area contributed by atoms with Gasteiger partial charge in [0.05, 0.1) is 4.90 Å². The van der Waals surface area contributed by atoms with E-state index in [0.29, 0.717) is 0 Å². The molecule has 3 rings (SSSR count). The molecule has 1 aliphatic heterocycles. The molecule has 2 amide bonds. The molecule has 1 heterocycles. The zero-order chi connectivity index (χ0) is 22.2. The Morgan fingerprint density at radius 2 is 1.67 bits per heavy atom. The second-order valence-corrected chi connectivity index (χ2v) is 7.98. The average Bonchev–Trinajstić information content (AvgIpc) is 2.99. The van der Waals surface area contributed by atoms with Gasteiger partial charge < -0.3 is 10.6 Å². The molecule has 0 saturated carbocycles. The van der Waals surface area contributed by atoms with Gasteiger partial charge in [0.25, 0.3) is 5.91 Å². The average molecular weight is 440 g/mol. The first-order chi connectivity index (χ1) is 13.9. The molecule has 8 nitrogen and oxygen atoms in total. The van der Waals surface area contributed by atoms with Crippen LogP contribution in [0.25, 0.3) is 0 Å². The number of amides is 2. The number of amidine groups is 1. The Morgan fingerprint density at radius 1 is 1.07 bits per heavy atom. The molecule has 0 spiro atoms. The van der Waals surface area contributed by atoms with Gasteiger partial charge in [0.15, 0.2) is 0 Å². The highest BCUT2D eigenvalue weighted by atomic mass is 32.2. The third-order valence-electron chi connectivity index (χ3n) is 4.06. The van der Waals surface area contributed by atoms with Gasteiger partial charge in [0.2, 0.25) is 15.9 Å². The fourth-order valence-electron chi connectivity index (χ4n) is 2.67. The monoisotopic (exact) mass is 440 g/mol. The maximum absolute atomic E-state index is 13.9. The van der Waals surface area contributed by atoms with E-state index in [-0.39, 0.29) is 11.3 Å². The molecular formula is C18H15F3N4O4S. The molecule has 0 radical (unpaired) electrons. The van der Waals surface area contributed by atoms with Crippen molar-refractivity contribution in [2.24, 2.45) is 4.99 Å². The van der Waals surface area contributed by atoms with Crippen LogP contribution in [0.3, 0.4) is 0 Å². The SMILES string of the molecule is CC(=O)Nc1ccc(S(=O)(=O)N[C@]2(C(F)(F)F)N=C(c3ccccc3)NC2=O)cc1. The number of hydrogen-bond acceptors (Lipinski definition) is 5. The van der Waals surface area contributed by atoms with Crippen LogP contribution in [0.2, 0.25) is 0 Å². The third kappa shape index (κ3) is 4.04. The van der Waals surface area contributed by atoms with Crippen molar-refractivity contribution in [2.75, 3.05) is 5.32 Å². The van der Waals surface area contributed by atoms with Crippen molar-refractivity contribution >= 4 is 33.4 Å². The second-order valence-electron chi connectivity index (χ2n) is 6.30. The van der Waals surface area contributed by atoms with E-state index >= 15 is 0 Å². The second kappa shape index (κ2) is 7.54. The summed E-state index contributed by atoms with van der Waals surface area (Å²) >= 11 is 0. The van der Waals surface area contributed by atoms with Crippen LogP contribution in [-0.4, -0.2) is 37.9 Å². The van der Waals surface area contributed by atoms with E-state index in [0.717, 1.165) is 12.1 Å². The van der Waals surface area contributed by atoms with Crippen LogP contribution >= 0.6 is 0 Å². The summed E-state index contributed by atoms with van der Waals surface area (Å²) in [5.41, 5.74) is -3.31. The lowest BCUT2D eigenvalue weighted by Gasteiger charge is -2.26. The summed E-state index contributed by atoms with van der Waals surface area (Å²) in [5.74, 6) is -2.50. The quantitative estimate of drug-likeness (QED) is 0.657. The number of alkyl halides is 3. The topological polar surface area (TPSA) is 117 Å². The number of carbonyl (C=O) groups excluding carboxylic acids is 2. The minimum atomic E-state index is -5.36. The largest absolute Gasteiger partial charge is 0.437 e. The van der Waals surface area contributed by atoms with E-state index in [4.69, 9.17) is 0 Å². The van der Waals surface area contributed by atoms with E-state index < -0.39 is 44.4 Å². The summed E-state index contributed by atoms with van der Waals surface area (Å²) in [6, 6.07) is 11.9. The lowest BCUT2D eigenvalue weighted by molar-refractivity contribution is -0.190. The number of benzene rings is 2. The highest BCUT2D eigenvalue weighted by Gasteiger charge is 2.66. The van der Waals surface area contributed by atoms with E-state index in [1.54, 1.807) is 6.07 Å². The number of sulfonamides is 1. The van der Waals surface area contributed by atoms with Crippen molar-refractivity contribution in [1.82, 2.24) is 10.0 Å². The lowest BCUT2D eigenvalue weighted by Crippen LogP contribution is -2.62. The van der Waals surface area contributed by atoms with Crippen molar-refractivity contribution in [3.8, 4) is 0 Å². The number of carbonyl (C=O) groups is 2. The molecule has 158 valence electrons. The van der Waals surface area contributed by atoms with Gasteiger partial charge in [-0.2, -0.15) is 17.9 Å². The van der Waals surface area contributed by atoms with E-state index in [1.165, 1.54) is 48.0 Å². The van der Waals surface area contributed by atoms with E-state index in [1.807, 2.05) is 5.32 Å². The number of hydrogen-bond donors (Lipinski definition) is 3. The molecule has 0 fully saturated rings. The van der Waals surface area contributed by atoms with E-state index in [9.17, 15) is 31.2 Å². The minimum absolute atomic E-state index is 0.177. The molecule has 0 unspecified atom stereocenters. The van der Waals surface area contributed by atoms with Gasteiger partial charge >= 0.3 is 11.8 Å². The Bertz CT molecular complexity index is 1120. The third-order valence-corrected chi connectivity index (χ3v) is 5.52. The predicted molar refractivity (Wildman–Crippen MR) is 101 cm³/mol. The van der Waals surface area contributed by atoms with Crippen LogP contribution in [0.4, 0.5) is 18.9 Å². The molecular weight excluding hydrogens is 425 g/mol. The Kier molecular flexibility index (Phi) is 5.39. The number of halogens is 3. The summed E-state index contributed by atoms with van der Waals surface area (Å²) in [7, 11) is -4.82. The standard InChI is InChI=1S/C18H15F3N4O4S/c1-11(26)22-13-7-9-14(10-8-13)30(28,29)25-17(18(19,20)21)16(27)23-15(24-17)12-5-3-2-4-6-12/h2-10,25H,1H3,(H,22,26)(H,23,24,27)/t17-/m1/s1. The normalized spacial score (nSPS) is 19.2. The molecule has 30 heavy (non-hydrogen) atoms. The van der Waals surface area contributed by atoms with Gasteiger partial charge in [-0.05, 0) is 24.3 Å². The van der Waals surface area contributed by atoms with Gasteiger partial charge in [-0.3, -0.25) is 9.59 Å². The lowest BCUT2D eigenvalue weighted by atomic mass is 10.2. The molecule has 1 atom stereocenters. The van der Waals surface area contributed by atoms with Crippen molar-refractivity contribution in [2.45, 2.75) is 23.7 Å². The number of anilines is 1. The van der Waals surface area contributed by atoms with Gasteiger partial charge in [-0.15, -0.1) is 0 Å². The van der Waals surface area contributed by atoms with Crippen molar-refractivity contribution in [3.63, 3.8) is 0 Å². The molecule has 0 bridgehead atoms. The maximum atomic E-state index is 13.9. The summed E-state index contributed by atoms with van der Waals surface area (Å²) in [6.07, 6.45) is -5.36. The number of nitrogens with one attached hydrogen (secondary N) is 3. The molecule has 2 aromatic carbocycles. The Morgan fingerprint density at radius 3 is 2.20 bits per heavy atom. The molecule has 3 N–H and O–H groups in total. The van der Waals surface area contributed by atoms with Crippen LogP contribution < -0.4 is 15.4 Å². The number of rotatable bonds is 5. The maximum Gasteiger partial charge on any atom is 0.437 e. The van der Waals surface area contributed by atoms with Crippen molar-refractivity contribution in [3.05, 3.63) is 60.2 Å². The Hall–Kier alpha value is -3.25. The summed E-state index contributed by atoms with van der Waals surface area (Å²) in [6.45, 7) is 1.24. The van der Waals surface area contributed by atoms with Crippen LogP contribution in [0.1, 0.15) is 12.5 Å². The first-order valence-electron chi connectivity index (χ1n) is 8.40. The number of aliphatic imine (C=N–C) groups is 1. The van der Waals surface area contributed by atoms with Gasteiger partial charge in [-0.25, -0.2) is 13.4 Å². The fraction of sp³-hybridized carbons (Fsp3) is 0.167. The van der Waals surface area contributed by atoms with Crippen LogP contribution in [0.5, 0.6) is 0 Å². The van der Waals surface area contributed by atoms with Crippen molar-refractivity contribution < 1.29 is 31.2 Å².